The van der Waals surface area contributed by atoms with Gasteiger partial charge in [-0.3, -0.25) is 0 Å². The Bertz CT molecular complexity index is 307. The monoisotopic (exact) mass is 372 g/mol. The fraction of sp³-hybridized carbons (Fsp3) is 0.810. The predicted octanol–water partition coefficient (Wildman–Crippen LogP) is 4.26. The molecule has 0 heterocycles. The Morgan fingerprint density at radius 3 is 1.42 bits per heavy atom. The lowest BCUT2D eigenvalue weighted by molar-refractivity contribution is 0.0869. The summed E-state index contributed by atoms with van der Waals surface area (Å²) >= 11 is 0. The van der Waals surface area contributed by atoms with Gasteiger partial charge in [-0.2, -0.15) is 0 Å². The predicted molar refractivity (Wildman–Crippen MR) is 106 cm³/mol. The Hall–Kier alpha value is -0.880. The SMILES string of the molecule is C=CCC(=C)OCCCCOCCCCOCCCCOCCCCO. The molecule has 26 heavy (non-hydrogen) atoms. The molecule has 0 aliphatic heterocycles. The molecular weight excluding hydrogens is 332 g/mol. The number of aliphatic hydroxyl groups excluding tert-OH is 1. The minimum atomic E-state index is 0.254. The summed E-state index contributed by atoms with van der Waals surface area (Å²) in [5.74, 6) is 0.784. The summed E-state index contributed by atoms with van der Waals surface area (Å²) in [6, 6.07) is 0. The largest absolute Gasteiger partial charge is 0.498 e. The second kappa shape index (κ2) is 22.2. The van der Waals surface area contributed by atoms with Gasteiger partial charge in [0.15, 0.2) is 0 Å². The van der Waals surface area contributed by atoms with Crippen LogP contribution < -0.4 is 0 Å². The zero-order valence-electron chi connectivity index (χ0n) is 16.6. The van der Waals surface area contributed by atoms with Crippen LogP contribution in [0.15, 0.2) is 25.0 Å². The minimum Gasteiger partial charge on any atom is -0.498 e. The van der Waals surface area contributed by atoms with Crippen LogP contribution in [0, 0.1) is 0 Å². The number of rotatable bonds is 22. The molecule has 0 unspecified atom stereocenters. The maximum Gasteiger partial charge on any atom is 0.0925 e. The van der Waals surface area contributed by atoms with E-state index < -0.39 is 0 Å². The van der Waals surface area contributed by atoms with Crippen molar-refractivity contribution in [1.29, 1.82) is 0 Å². The molecule has 0 saturated carbocycles. The first-order chi connectivity index (χ1) is 12.8. The van der Waals surface area contributed by atoms with Crippen LogP contribution in [0.25, 0.3) is 0 Å². The second-order valence-electron chi connectivity index (χ2n) is 6.27. The highest BCUT2D eigenvalue weighted by Gasteiger charge is 1.95. The van der Waals surface area contributed by atoms with Crippen molar-refractivity contribution in [2.24, 2.45) is 0 Å². The number of aliphatic hydroxyl groups is 1. The number of unbranched alkanes of at least 4 members (excludes halogenated alkanes) is 4. The molecule has 0 fully saturated rings. The molecule has 0 amide bonds. The summed E-state index contributed by atoms with van der Waals surface area (Å²) in [6.07, 6.45) is 10.4. The second-order valence-corrected chi connectivity index (χ2v) is 6.27. The van der Waals surface area contributed by atoms with Crippen molar-refractivity contribution in [3.05, 3.63) is 25.0 Å². The van der Waals surface area contributed by atoms with Crippen molar-refractivity contribution in [1.82, 2.24) is 0 Å². The first kappa shape index (κ1) is 25.1. The summed E-state index contributed by atoms with van der Waals surface area (Å²) in [7, 11) is 0. The zero-order chi connectivity index (χ0) is 19.1. The number of hydrogen-bond donors (Lipinski definition) is 1. The Balaban J connectivity index is 3.03. The van der Waals surface area contributed by atoms with E-state index in [1.54, 1.807) is 6.08 Å². The normalized spacial score (nSPS) is 10.8. The average Bonchev–Trinajstić information content (AvgIpc) is 2.64. The van der Waals surface area contributed by atoms with Crippen LogP contribution in [0.5, 0.6) is 0 Å². The highest BCUT2D eigenvalue weighted by Crippen LogP contribution is 2.03. The third-order valence-corrected chi connectivity index (χ3v) is 3.71. The Morgan fingerprint density at radius 1 is 0.654 bits per heavy atom. The van der Waals surface area contributed by atoms with Crippen LogP contribution in [-0.4, -0.2) is 58.0 Å². The van der Waals surface area contributed by atoms with Crippen molar-refractivity contribution in [2.45, 2.75) is 57.8 Å². The molecule has 5 nitrogen and oxygen atoms in total. The summed E-state index contributed by atoms with van der Waals surface area (Å²) in [5, 5.41) is 8.64. The zero-order valence-corrected chi connectivity index (χ0v) is 16.6. The molecule has 0 aromatic heterocycles. The van der Waals surface area contributed by atoms with Crippen molar-refractivity contribution in [2.75, 3.05) is 52.9 Å². The number of hydrogen-bond acceptors (Lipinski definition) is 5. The van der Waals surface area contributed by atoms with E-state index in [0.29, 0.717) is 6.61 Å². The molecular formula is C21H40O5. The fourth-order valence-electron chi connectivity index (χ4n) is 2.18. The molecule has 154 valence electrons. The first-order valence-electron chi connectivity index (χ1n) is 10.1. The van der Waals surface area contributed by atoms with Crippen LogP contribution in [0.3, 0.4) is 0 Å². The number of allylic oxidation sites excluding steroid dienone is 1. The topological polar surface area (TPSA) is 57.2 Å². The maximum atomic E-state index is 8.64. The lowest BCUT2D eigenvalue weighted by atomic mass is 10.3. The summed E-state index contributed by atoms with van der Waals surface area (Å²) < 4.78 is 22.1. The van der Waals surface area contributed by atoms with Crippen molar-refractivity contribution in [3.63, 3.8) is 0 Å². The molecule has 0 rings (SSSR count). The fourth-order valence-corrected chi connectivity index (χ4v) is 2.18. The summed E-state index contributed by atoms with van der Waals surface area (Å²) in [5.41, 5.74) is 0. The van der Waals surface area contributed by atoms with E-state index in [0.717, 1.165) is 103 Å². The Morgan fingerprint density at radius 2 is 1.04 bits per heavy atom. The van der Waals surface area contributed by atoms with Crippen molar-refractivity contribution in [3.8, 4) is 0 Å². The molecule has 0 aliphatic carbocycles. The molecule has 0 atom stereocenters. The average molecular weight is 373 g/mol. The molecule has 0 bridgehead atoms. The molecule has 0 saturated heterocycles. The van der Waals surface area contributed by atoms with E-state index in [2.05, 4.69) is 13.2 Å². The molecule has 0 aromatic rings. The van der Waals surface area contributed by atoms with Gasteiger partial charge >= 0.3 is 0 Å². The van der Waals surface area contributed by atoms with E-state index >= 15 is 0 Å². The molecule has 0 aliphatic rings. The lowest BCUT2D eigenvalue weighted by Crippen LogP contribution is -2.03. The molecule has 0 aromatic carbocycles. The van der Waals surface area contributed by atoms with Gasteiger partial charge < -0.3 is 24.1 Å². The summed E-state index contributed by atoms with van der Waals surface area (Å²) in [6.45, 7) is 13.2. The lowest BCUT2D eigenvalue weighted by Gasteiger charge is -2.08. The van der Waals surface area contributed by atoms with Gasteiger partial charge in [-0.05, 0) is 51.4 Å². The third-order valence-electron chi connectivity index (χ3n) is 3.71. The Kier molecular flexibility index (Phi) is 21.4. The van der Waals surface area contributed by atoms with E-state index in [4.69, 9.17) is 24.1 Å². The van der Waals surface area contributed by atoms with Crippen LogP contribution in [0.1, 0.15) is 57.8 Å². The molecule has 0 radical (unpaired) electrons. The van der Waals surface area contributed by atoms with E-state index in [-0.39, 0.29) is 6.61 Å². The first-order valence-corrected chi connectivity index (χ1v) is 10.1. The van der Waals surface area contributed by atoms with E-state index in [1.807, 2.05) is 0 Å². The highest BCUT2D eigenvalue weighted by atomic mass is 16.5. The van der Waals surface area contributed by atoms with E-state index in [1.165, 1.54) is 0 Å². The smallest absolute Gasteiger partial charge is 0.0925 e. The van der Waals surface area contributed by atoms with E-state index in [9.17, 15) is 0 Å². The highest BCUT2D eigenvalue weighted by molar-refractivity contribution is 4.90. The molecule has 5 heteroatoms. The van der Waals surface area contributed by atoms with Crippen LogP contribution in [0.2, 0.25) is 0 Å². The van der Waals surface area contributed by atoms with Crippen LogP contribution in [-0.2, 0) is 18.9 Å². The van der Waals surface area contributed by atoms with Gasteiger partial charge in [0.1, 0.15) is 0 Å². The van der Waals surface area contributed by atoms with Gasteiger partial charge in [0, 0.05) is 52.7 Å². The standard InChI is InChI=1S/C21H40O5/c1-3-12-21(2)26-20-11-10-19-25-18-9-8-17-24-16-7-6-15-23-14-5-4-13-22/h3,22H,1-2,4-20H2. The van der Waals surface area contributed by atoms with Gasteiger partial charge in [0.2, 0.25) is 0 Å². The third kappa shape index (κ3) is 21.2. The van der Waals surface area contributed by atoms with Crippen LogP contribution >= 0.6 is 0 Å². The Labute approximate surface area is 160 Å². The van der Waals surface area contributed by atoms with Crippen molar-refractivity contribution < 1.29 is 24.1 Å². The summed E-state index contributed by atoms with van der Waals surface area (Å²) in [4.78, 5) is 0. The molecule has 1 N–H and O–H groups in total. The maximum absolute atomic E-state index is 8.64. The van der Waals surface area contributed by atoms with Gasteiger partial charge in [0.05, 0.1) is 12.4 Å². The van der Waals surface area contributed by atoms with Gasteiger partial charge in [0.25, 0.3) is 0 Å². The quantitative estimate of drug-likeness (QED) is 0.175. The number of ether oxygens (including phenoxy) is 4. The van der Waals surface area contributed by atoms with Crippen molar-refractivity contribution >= 4 is 0 Å². The van der Waals surface area contributed by atoms with Gasteiger partial charge in [-0.25, -0.2) is 0 Å². The van der Waals surface area contributed by atoms with Gasteiger partial charge in [-0.1, -0.05) is 12.7 Å². The van der Waals surface area contributed by atoms with Crippen LogP contribution in [0.4, 0.5) is 0 Å². The van der Waals surface area contributed by atoms with Gasteiger partial charge in [-0.15, -0.1) is 6.58 Å². The minimum absolute atomic E-state index is 0.254. The molecule has 0 spiro atoms.